The first-order chi connectivity index (χ1) is 16.5. The van der Waals surface area contributed by atoms with Crippen LogP contribution in [0, 0.1) is 23.7 Å². The van der Waals surface area contributed by atoms with Crippen molar-refractivity contribution in [3.8, 4) is 11.8 Å². The maximum atomic E-state index is 12.6. The van der Waals surface area contributed by atoms with E-state index in [4.69, 9.17) is 9.84 Å². The molecule has 3 rings (SSSR count). The number of carbonyl (C=O) groups is 2. The predicted molar refractivity (Wildman–Crippen MR) is 134 cm³/mol. The number of Topliss-reactive ketones (excluding diaryl/α,β-unsaturated/α-hetero) is 2. The Hall–Kier alpha value is -3.04. The van der Waals surface area contributed by atoms with Crippen molar-refractivity contribution in [2.24, 2.45) is 11.8 Å². The van der Waals surface area contributed by atoms with Crippen LogP contribution in [0.15, 0.2) is 54.6 Å². The molecule has 1 aliphatic heterocycles. The number of nitrogens with zero attached hydrogens (tertiary/aromatic N) is 1. The minimum atomic E-state index is -0.528. The first-order valence-corrected chi connectivity index (χ1v) is 11.8. The van der Waals surface area contributed by atoms with Gasteiger partial charge in [0.1, 0.15) is 6.61 Å². The summed E-state index contributed by atoms with van der Waals surface area (Å²) >= 11 is 0. The summed E-state index contributed by atoms with van der Waals surface area (Å²) in [5, 5.41) is 9.14. The number of rotatable bonds is 9. The Morgan fingerprint density at radius 3 is 2.35 bits per heavy atom. The molecule has 1 aliphatic rings. The van der Waals surface area contributed by atoms with E-state index in [0.29, 0.717) is 5.56 Å². The van der Waals surface area contributed by atoms with E-state index in [1.165, 1.54) is 5.56 Å². The van der Waals surface area contributed by atoms with Crippen LogP contribution in [0.3, 0.4) is 0 Å². The third-order valence-electron chi connectivity index (χ3n) is 6.05. The Balaban J connectivity index is 1.52. The lowest BCUT2D eigenvalue weighted by Crippen LogP contribution is -2.35. The molecule has 1 atom stereocenters. The summed E-state index contributed by atoms with van der Waals surface area (Å²) in [7, 11) is 0. The van der Waals surface area contributed by atoms with Gasteiger partial charge in [-0.3, -0.25) is 14.5 Å². The van der Waals surface area contributed by atoms with Gasteiger partial charge in [0.05, 0.1) is 13.2 Å². The second kappa shape index (κ2) is 13.0. The Bertz CT molecular complexity index is 1040. The number of carbonyl (C=O) groups excluding carboxylic acids is 2. The number of hydrogen-bond donors (Lipinski definition) is 1. The molecule has 0 radical (unpaired) electrons. The van der Waals surface area contributed by atoms with Crippen molar-refractivity contribution in [1.82, 2.24) is 4.90 Å². The number of aliphatic hydroxyl groups excluding tert-OH is 1. The Labute approximate surface area is 202 Å². The van der Waals surface area contributed by atoms with Gasteiger partial charge in [0.25, 0.3) is 0 Å². The third-order valence-corrected chi connectivity index (χ3v) is 6.05. The van der Waals surface area contributed by atoms with Crippen molar-refractivity contribution >= 4 is 17.6 Å². The lowest BCUT2D eigenvalue weighted by molar-refractivity contribution is -0.126. The van der Waals surface area contributed by atoms with Gasteiger partial charge in [0, 0.05) is 43.1 Å². The molecule has 0 spiro atoms. The maximum Gasteiger partial charge on any atom is 0.163 e. The largest absolute Gasteiger partial charge is 0.389 e. The topological polar surface area (TPSA) is 66.8 Å². The minimum Gasteiger partial charge on any atom is -0.389 e. The quantitative estimate of drug-likeness (QED) is 0.454. The fourth-order valence-electron chi connectivity index (χ4n) is 3.91. The number of ketones is 2. The molecule has 1 fully saturated rings. The van der Waals surface area contributed by atoms with Gasteiger partial charge in [-0.1, -0.05) is 62.1 Å². The van der Waals surface area contributed by atoms with Gasteiger partial charge in [0.2, 0.25) is 0 Å². The highest BCUT2D eigenvalue weighted by atomic mass is 16.5. The standard InChI is InChI=1S/C29H33NO4/c1-22(2)27(29(33)21-31)19-28(32)26-13-11-24(12-14-26)6-4-3-5-23-7-9-25(10-8-23)20-30-15-17-34-18-16-30/h4,6-14,22,27,31H,15-21H2,1-2H3/b6-4+/t27-/m0/s1. The van der Waals surface area contributed by atoms with Gasteiger partial charge in [-0.05, 0) is 41.3 Å². The van der Waals surface area contributed by atoms with E-state index in [-0.39, 0.29) is 23.9 Å². The molecular formula is C29H33NO4. The van der Waals surface area contributed by atoms with Crippen LogP contribution in [0.2, 0.25) is 0 Å². The van der Waals surface area contributed by atoms with Crippen molar-refractivity contribution < 1.29 is 19.4 Å². The maximum absolute atomic E-state index is 12.6. The molecule has 2 aromatic carbocycles. The Kier molecular flexibility index (Phi) is 9.78. The van der Waals surface area contributed by atoms with Gasteiger partial charge in [0.15, 0.2) is 11.6 Å². The molecule has 0 aliphatic carbocycles. The summed E-state index contributed by atoms with van der Waals surface area (Å²) in [6.45, 7) is 7.75. The first-order valence-electron chi connectivity index (χ1n) is 11.8. The molecule has 0 saturated carbocycles. The molecule has 0 amide bonds. The highest BCUT2D eigenvalue weighted by molar-refractivity contribution is 5.99. The summed E-state index contributed by atoms with van der Waals surface area (Å²) in [6, 6.07) is 15.6. The lowest BCUT2D eigenvalue weighted by Gasteiger charge is -2.26. The molecule has 178 valence electrons. The van der Waals surface area contributed by atoms with E-state index in [9.17, 15) is 9.59 Å². The number of morpholine rings is 1. The molecule has 5 heteroatoms. The minimum absolute atomic E-state index is 0.00496. The number of ether oxygens (including phenoxy) is 1. The molecule has 1 N–H and O–H groups in total. The monoisotopic (exact) mass is 459 g/mol. The van der Waals surface area contributed by atoms with Crippen molar-refractivity contribution in [1.29, 1.82) is 0 Å². The zero-order chi connectivity index (χ0) is 24.3. The van der Waals surface area contributed by atoms with E-state index in [1.807, 2.05) is 44.2 Å². The van der Waals surface area contributed by atoms with Crippen LogP contribution < -0.4 is 0 Å². The molecular weight excluding hydrogens is 426 g/mol. The summed E-state index contributed by atoms with van der Waals surface area (Å²) in [5.74, 6) is 5.38. The van der Waals surface area contributed by atoms with Crippen LogP contribution in [0.25, 0.3) is 6.08 Å². The molecule has 0 bridgehead atoms. The lowest BCUT2D eigenvalue weighted by atomic mass is 9.85. The summed E-state index contributed by atoms with van der Waals surface area (Å²) in [4.78, 5) is 26.8. The average Bonchev–Trinajstić information content (AvgIpc) is 2.86. The molecule has 1 heterocycles. The van der Waals surface area contributed by atoms with E-state index >= 15 is 0 Å². The second-order valence-corrected chi connectivity index (χ2v) is 8.91. The molecule has 0 unspecified atom stereocenters. The van der Waals surface area contributed by atoms with Gasteiger partial charge in [-0.2, -0.15) is 0 Å². The first kappa shape index (κ1) is 25.6. The van der Waals surface area contributed by atoms with E-state index in [0.717, 1.165) is 44.0 Å². The normalized spacial score (nSPS) is 15.2. The molecule has 5 nitrogen and oxygen atoms in total. The van der Waals surface area contributed by atoms with Crippen LogP contribution >= 0.6 is 0 Å². The molecule has 2 aromatic rings. The van der Waals surface area contributed by atoms with Gasteiger partial charge < -0.3 is 9.84 Å². The van der Waals surface area contributed by atoms with Crippen LogP contribution in [0.4, 0.5) is 0 Å². The van der Waals surface area contributed by atoms with E-state index in [2.05, 4.69) is 28.9 Å². The van der Waals surface area contributed by atoms with Crippen LogP contribution in [0.1, 0.15) is 47.3 Å². The average molecular weight is 460 g/mol. The van der Waals surface area contributed by atoms with E-state index < -0.39 is 12.5 Å². The van der Waals surface area contributed by atoms with Crippen molar-refractivity contribution in [3.63, 3.8) is 0 Å². The number of allylic oxidation sites excluding steroid dienone is 1. The second-order valence-electron chi connectivity index (χ2n) is 8.91. The molecule has 34 heavy (non-hydrogen) atoms. The fraction of sp³-hybridized carbons (Fsp3) is 0.379. The number of aliphatic hydroxyl groups is 1. The van der Waals surface area contributed by atoms with Crippen molar-refractivity contribution in [2.75, 3.05) is 32.9 Å². The number of hydrogen-bond acceptors (Lipinski definition) is 5. The summed E-state index contributed by atoms with van der Waals surface area (Å²) in [6.07, 6.45) is 3.82. The van der Waals surface area contributed by atoms with Gasteiger partial charge in [-0.25, -0.2) is 0 Å². The summed E-state index contributed by atoms with van der Waals surface area (Å²) < 4.78 is 5.39. The van der Waals surface area contributed by atoms with Gasteiger partial charge in [-0.15, -0.1) is 0 Å². The highest BCUT2D eigenvalue weighted by Crippen LogP contribution is 2.20. The van der Waals surface area contributed by atoms with Crippen molar-refractivity contribution in [3.05, 3.63) is 76.9 Å². The van der Waals surface area contributed by atoms with Gasteiger partial charge >= 0.3 is 0 Å². The SMILES string of the molecule is CC(C)[C@H](CC(=O)c1ccc(/C=C/C#Cc2ccc(CN3CCOCC3)cc2)cc1)C(=O)CO. The third kappa shape index (κ3) is 7.78. The predicted octanol–water partition coefficient (Wildman–Crippen LogP) is 3.99. The fourth-order valence-corrected chi connectivity index (χ4v) is 3.91. The van der Waals surface area contributed by atoms with E-state index in [1.54, 1.807) is 18.2 Å². The van der Waals surface area contributed by atoms with Crippen LogP contribution in [0.5, 0.6) is 0 Å². The van der Waals surface area contributed by atoms with Crippen LogP contribution in [-0.2, 0) is 16.1 Å². The number of benzene rings is 2. The molecule has 1 saturated heterocycles. The smallest absolute Gasteiger partial charge is 0.163 e. The Morgan fingerprint density at radius 2 is 1.74 bits per heavy atom. The highest BCUT2D eigenvalue weighted by Gasteiger charge is 2.24. The zero-order valence-electron chi connectivity index (χ0n) is 20.0. The Morgan fingerprint density at radius 1 is 1.06 bits per heavy atom. The van der Waals surface area contributed by atoms with Crippen molar-refractivity contribution in [2.45, 2.75) is 26.8 Å². The van der Waals surface area contributed by atoms with Crippen LogP contribution in [-0.4, -0.2) is 54.5 Å². The molecule has 0 aromatic heterocycles. The zero-order valence-corrected chi connectivity index (χ0v) is 20.0. The summed E-state index contributed by atoms with van der Waals surface area (Å²) in [5.41, 5.74) is 3.75.